The van der Waals surface area contributed by atoms with Crippen molar-refractivity contribution in [1.82, 2.24) is 0 Å². The number of carbonyl (C=O) groups is 1. The molecule has 2 aromatic carbocycles. The summed E-state index contributed by atoms with van der Waals surface area (Å²) < 4.78 is 38.6. The monoisotopic (exact) mass is 455 g/mol. The normalized spacial score (nSPS) is 15.5. The Labute approximate surface area is 188 Å². The Bertz CT molecular complexity index is 1170. The number of hydrogen-bond donors (Lipinski definition) is 1. The average Bonchev–Trinajstić information content (AvgIpc) is 2.94. The maximum Gasteiger partial charge on any atom is 0.298 e. The molecule has 0 atom stereocenters. The van der Waals surface area contributed by atoms with Crippen LogP contribution in [-0.4, -0.2) is 48.2 Å². The molecule has 0 fully saturated rings. The zero-order chi connectivity index (χ0) is 23.2. The number of para-hydroxylation sites is 1. The zero-order valence-electron chi connectivity index (χ0n) is 18.1. The molecule has 32 heavy (non-hydrogen) atoms. The van der Waals surface area contributed by atoms with E-state index in [1.54, 1.807) is 6.07 Å². The topological polar surface area (TPSA) is 96.0 Å². The summed E-state index contributed by atoms with van der Waals surface area (Å²) in [5.41, 5.74) is 3.36. The van der Waals surface area contributed by atoms with Crippen molar-refractivity contribution >= 4 is 39.9 Å². The second-order valence-electron chi connectivity index (χ2n) is 7.98. The number of nitrogens with zero attached hydrogens (tertiary/aromatic N) is 2. The van der Waals surface area contributed by atoms with E-state index in [9.17, 15) is 13.2 Å². The Kier molecular flexibility index (Phi) is 7.37. The lowest BCUT2D eigenvalue weighted by atomic mass is 9.81. The third-order valence-electron chi connectivity index (χ3n) is 5.35. The van der Waals surface area contributed by atoms with Gasteiger partial charge in [-0.1, -0.05) is 24.3 Å². The van der Waals surface area contributed by atoms with Crippen LogP contribution in [0, 0.1) is 0 Å². The lowest BCUT2D eigenvalue weighted by molar-refractivity contribution is -0.437. The number of ether oxygens (including phenoxy) is 1. The molecule has 1 aliphatic rings. The number of allylic oxidation sites excluding steroid dienone is 2. The summed E-state index contributed by atoms with van der Waals surface area (Å²) in [5.74, 6) is 0.136. The molecule has 0 saturated carbocycles. The molecule has 3 rings (SSSR count). The highest BCUT2D eigenvalue weighted by atomic mass is 32.2. The molecule has 0 amide bonds. The number of fused-ring (bicyclic) bond motifs is 1. The van der Waals surface area contributed by atoms with Crippen LogP contribution in [0.5, 0.6) is 5.75 Å². The van der Waals surface area contributed by atoms with Gasteiger partial charge in [-0.2, -0.15) is 13.0 Å². The number of hydrogen-bond acceptors (Lipinski definition) is 5. The van der Waals surface area contributed by atoms with Crippen LogP contribution >= 0.6 is 0 Å². The van der Waals surface area contributed by atoms with Crippen LogP contribution in [-0.2, 0) is 20.3 Å². The molecule has 0 saturated heterocycles. The van der Waals surface area contributed by atoms with Crippen LogP contribution in [0.3, 0.4) is 0 Å². The second-order valence-corrected chi connectivity index (χ2v) is 9.55. The molecule has 168 valence electrons. The van der Waals surface area contributed by atoms with Crippen LogP contribution < -0.4 is 4.74 Å². The first kappa shape index (κ1) is 23.6. The summed E-state index contributed by atoms with van der Waals surface area (Å²) in [6.07, 6.45) is 6.76. The van der Waals surface area contributed by atoms with Gasteiger partial charge in [-0.3, -0.25) is 14.3 Å². The molecule has 0 radical (unpaired) electrons. The fourth-order valence-electron chi connectivity index (χ4n) is 3.84. The van der Waals surface area contributed by atoms with E-state index in [0.717, 1.165) is 22.6 Å². The van der Waals surface area contributed by atoms with Crippen LogP contribution in [0.25, 0.3) is 0 Å². The van der Waals surface area contributed by atoms with Crippen molar-refractivity contribution in [3.63, 3.8) is 0 Å². The first-order valence-electron chi connectivity index (χ1n) is 10.3. The van der Waals surface area contributed by atoms with Gasteiger partial charge in [0.05, 0.1) is 16.9 Å². The summed E-state index contributed by atoms with van der Waals surface area (Å²) in [5, 5.41) is 0. The molecule has 0 unspecified atom stereocenters. The van der Waals surface area contributed by atoms with E-state index >= 15 is 0 Å². The van der Waals surface area contributed by atoms with Crippen molar-refractivity contribution in [2.24, 2.45) is 4.99 Å². The lowest BCUT2D eigenvalue weighted by Crippen LogP contribution is -2.28. The number of carbonyl (C=O) groups excluding carboxylic acids is 1. The minimum Gasteiger partial charge on any atom is -0.429 e. The first-order chi connectivity index (χ1) is 15.2. The smallest absolute Gasteiger partial charge is 0.298 e. The van der Waals surface area contributed by atoms with Crippen molar-refractivity contribution in [2.45, 2.75) is 32.1 Å². The van der Waals surface area contributed by atoms with Gasteiger partial charge in [-0.25, -0.2) is 0 Å². The second kappa shape index (κ2) is 10.0. The zero-order valence-corrected chi connectivity index (χ0v) is 19.0. The van der Waals surface area contributed by atoms with E-state index in [1.165, 1.54) is 0 Å². The largest absolute Gasteiger partial charge is 0.429 e. The maximum absolute atomic E-state index is 11.2. The molecule has 0 aliphatic carbocycles. The Morgan fingerprint density at radius 1 is 1.16 bits per heavy atom. The number of aliphatic imine (C=N–C) groups is 1. The summed E-state index contributed by atoms with van der Waals surface area (Å²) >= 11 is 0. The van der Waals surface area contributed by atoms with E-state index in [2.05, 4.69) is 23.4 Å². The highest BCUT2D eigenvalue weighted by Crippen LogP contribution is 2.42. The van der Waals surface area contributed by atoms with Crippen LogP contribution in [0.4, 0.5) is 11.4 Å². The standard InChI is InChI=1S/C24H26N2O5S/c1-24(2)21-17-20(31-18-27)12-13-22(21)26(15-8-16-32(28,29)30)23(24)11-6-7-14-25-19-9-4-3-5-10-19/h3-6,9-14,17-18H,7-8,15-16H2,1-2H3/p+1/b11-6+,25-14?. The van der Waals surface area contributed by atoms with Crippen LogP contribution in [0.1, 0.15) is 32.3 Å². The first-order valence-corrected chi connectivity index (χ1v) is 11.9. The van der Waals surface area contributed by atoms with Gasteiger partial charge >= 0.3 is 0 Å². The summed E-state index contributed by atoms with van der Waals surface area (Å²) in [4.78, 5) is 15.2. The van der Waals surface area contributed by atoms with Gasteiger partial charge in [-0.05, 0) is 38.1 Å². The van der Waals surface area contributed by atoms with Crippen molar-refractivity contribution in [1.29, 1.82) is 0 Å². The van der Waals surface area contributed by atoms with E-state index < -0.39 is 15.5 Å². The quantitative estimate of drug-likeness (QED) is 0.250. The molecule has 2 aromatic rings. The molecule has 0 aromatic heterocycles. The Hall–Kier alpha value is -3.10. The van der Waals surface area contributed by atoms with Crippen molar-refractivity contribution in [3.05, 3.63) is 66.2 Å². The van der Waals surface area contributed by atoms with E-state index in [4.69, 9.17) is 9.29 Å². The molecule has 1 aliphatic heterocycles. The third-order valence-corrected chi connectivity index (χ3v) is 6.15. The molecule has 7 nitrogen and oxygen atoms in total. The SMILES string of the molecule is CC1(C)C(/C=C/CC=Nc2ccccc2)=[N+](CCCS(=O)(=O)O)c2ccc(OC=O)cc21. The fraction of sp³-hybridized carbons (Fsp3) is 0.292. The van der Waals surface area contributed by atoms with Gasteiger partial charge in [0, 0.05) is 36.8 Å². The molecule has 1 N–H and O–H groups in total. The van der Waals surface area contributed by atoms with E-state index in [-0.39, 0.29) is 12.2 Å². The Morgan fingerprint density at radius 2 is 1.91 bits per heavy atom. The highest BCUT2D eigenvalue weighted by molar-refractivity contribution is 7.85. The van der Waals surface area contributed by atoms with E-state index in [1.807, 2.05) is 60.8 Å². The number of benzene rings is 2. The summed E-state index contributed by atoms with van der Waals surface area (Å²) in [6, 6.07) is 15.1. The minimum absolute atomic E-state index is 0.272. The Balaban J connectivity index is 1.87. The predicted molar refractivity (Wildman–Crippen MR) is 125 cm³/mol. The maximum atomic E-state index is 11.2. The minimum atomic E-state index is -4.03. The molecular weight excluding hydrogens is 428 g/mol. The molecule has 8 heteroatoms. The van der Waals surface area contributed by atoms with Crippen LogP contribution in [0.2, 0.25) is 0 Å². The van der Waals surface area contributed by atoms with Crippen LogP contribution in [0.15, 0.2) is 65.7 Å². The lowest BCUT2D eigenvalue weighted by Gasteiger charge is -2.15. The predicted octanol–water partition coefficient (Wildman–Crippen LogP) is 4.22. The van der Waals surface area contributed by atoms with Gasteiger partial charge in [0.15, 0.2) is 5.71 Å². The number of rotatable bonds is 10. The van der Waals surface area contributed by atoms with Crippen molar-refractivity contribution < 1.29 is 27.1 Å². The molecule has 0 spiro atoms. The summed E-state index contributed by atoms with van der Waals surface area (Å²) in [6.45, 7) is 4.94. The van der Waals surface area contributed by atoms with Gasteiger partial charge in [0.2, 0.25) is 5.69 Å². The molecule has 0 bridgehead atoms. The van der Waals surface area contributed by atoms with Crippen molar-refractivity contribution in [2.75, 3.05) is 12.3 Å². The van der Waals surface area contributed by atoms with Gasteiger partial charge in [-0.15, -0.1) is 0 Å². The van der Waals surface area contributed by atoms with Crippen molar-refractivity contribution in [3.8, 4) is 5.75 Å². The summed E-state index contributed by atoms with van der Waals surface area (Å²) in [7, 11) is -4.03. The fourth-order valence-corrected chi connectivity index (χ4v) is 4.34. The third kappa shape index (κ3) is 5.77. The van der Waals surface area contributed by atoms with E-state index in [0.29, 0.717) is 25.2 Å². The van der Waals surface area contributed by atoms with Gasteiger partial charge in [0.1, 0.15) is 12.3 Å². The van der Waals surface area contributed by atoms with Gasteiger partial charge in [0.25, 0.3) is 16.6 Å². The molecular formula is C24H27N2O5S+. The molecule has 1 heterocycles. The highest BCUT2D eigenvalue weighted by Gasteiger charge is 2.44. The van der Waals surface area contributed by atoms with Gasteiger partial charge < -0.3 is 4.74 Å². The Morgan fingerprint density at radius 3 is 2.59 bits per heavy atom. The average molecular weight is 456 g/mol.